The average molecular weight is 373 g/mol. The molecule has 0 saturated heterocycles. The zero-order valence-corrected chi connectivity index (χ0v) is 12.9. The van der Waals surface area contributed by atoms with E-state index in [1.165, 1.54) is 19.1 Å². The topological polar surface area (TPSA) is 97.5 Å². The van der Waals surface area contributed by atoms with E-state index in [1.54, 1.807) is 0 Å². The maximum atomic E-state index is 11.8. The second kappa shape index (κ2) is 5.74. The van der Waals surface area contributed by atoms with Crippen molar-refractivity contribution in [2.75, 3.05) is 5.75 Å². The van der Waals surface area contributed by atoms with Gasteiger partial charge in [-0.25, -0.2) is 8.42 Å². The number of hydrogen-bond donors (Lipinski definition) is 1. The average Bonchev–Trinajstić information content (AvgIpc) is 2.37. The van der Waals surface area contributed by atoms with E-state index in [2.05, 4.69) is 15.9 Å². The second-order valence-corrected chi connectivity index (χ2v) is 9.22. The molecule has 0 aliphatic heterocycles. The van der Waals surface area contributed by atoms with E-state index in [9.17, 15) is 23.6 Å². The van der Waals surface area contributed by atoms with Crippen molar-refractivity contribution in [3.05, 3.63) is 39.9 Å². The smallest absolute Gasteiger partial charge is 0.269 e. The molecule has 1 rings (SSSR count). The molecule has 0 aliphatic rings. The molecule has 0 spiro atoms. The zero-order chi connectivity index (χ0) is 14.8. The summed E-state index contributed by atoms with van der Waals surface area (Å²) < 4.78 is 21.5. The van der Waals surface area contributed by atoms with Crippen LogP contribution < -0.4 is 0 Å². The summed E-state index contributed by atoms with van der Waals surface area (Å²) in [4.78, 5) is 9.90. The Morgan fingerprint density at radius 1 is 1.47 bits per heavy atom. The van der Waals surface area contributed by atoms with Crippen molar-refractivity contribution in [1.29, 1.82) is 0 Å². The molecule has 0 radical (unpaired) electrons. The van der Waals surface area contributed by atoms with E-state index in [4.69, 9.17) is 11.6 Å². The van der Waals surface area contributed by atoms with Gasteiger partial charge in [-0.3, -0.25) is 10.1 Å². The highest BCUT2D eigenvalue weighted by atomic mass is 79.9. The van der Waals surface area contributed by atoms with Gasteiger partial charge in [-0.15, -0.1) is 0 Å². The maximum Gasteiger partial charge on any atom is 0.269 e. The van der Waals surface area contributed by atoms with Crippen LogP contribution in [0.15, 0.2) is 24.3 Å². The molecule has 0 heterocycles. The third kappa shape index (κ3) is 3.25. The zero-order valence-electron chi connectivity index (χ0n) is 9.79. The molecular formula is C10H11BrClNO5S. The van der Waals surface area contributed by atoms with Crippen molar-refractivity contribution in [2.24, 2.45) is 0 Å². The highest BCUT2D eigenvalue weighted by molar-refractivity contribution is 9.12. The van der Waals surface area contributed by atoms with Crippen LogP contribution in [0.3, 0.4) is 0 Å². The molecule has 0 aromatic heterocycles. The molecule has 0 fully saturated rings. The van der Waals surface area contributed by atoms with Gasteiger partial charge in [0.05, 0.1) is 10.7 Å². The Hall–Kier alpha value is -0.700. The fourth-order valence-electron chi connectivity index (χ4n) is 1.33. The predicted molar refractivity (Wildman–Crippen MR) is 75.0 cm³/mol. The first-order valence-electron chi connectivity index (χ1n) is 5.16. The Morgan fingerprint density at radius 2 is 1.95 bits per heavy atom. The molecule has 9 heteroatoms. The minimum atomic E-state index is -3.77. The standard InChI is InChI=1S/C10H11BrClNO5S/c1-2-19(17,18)10(11,12)9(14)7-3-5-8(6-4-7)13(15)16/h3-6,9,14H,2H2,1H3/t9-,10+/m1/s1. The third-order valence-electron chi connectivity index (χ3n) is 2.53. The highest BCUT2D eigenvalue weighted by Crippen LogP contribution is 2.43. The largest absolute Gasteiger partial charge is 0.385 e. The lowest BCUT2D eigenvalue weighted by molar-refractivity contribution is -0.384. The molecular weight excluding hydrogens is 362 g/mol. The number of halogens is 2. The van der Waals surface area contributed by atoms with Gasteiger partial charge in [0.2, 0.25) is 3.12 Å². The van der Waals surface area contributed by atoms with Gasteiger partial charge in [0.25, 0.3) is 5.69 Å². The van der Waals surface area contributed by atoms with Gasteiger partial charge in [-0.1, -0.05) is 18.5 Å². The third-order valence-corrected chi connectivity index (χ3v) is 7.17. The number of benzene rings is 1. The second-order valence-electron chi connectivity index (χ2n) is 3.72. The van der Waals surface area contributed by atoms with E-state index in [1.807, 2.05) is 0 Å². The molecule has 0 saturated carbocycles. The van der Waals surface area contributed by atoms with Crippen molar-refractivity contribution in [1.82, 2.24) is 0 Å². The summed E-state index contributed by atoms with van der Waals surface area (Å²) in [5.41, 5.74) is -0.00135. The number of nitrogens with zero attached hydrogens (tertiary/aromatic N) is 1. The number of non-ortho nitro benzene ring substituents is 1. The summed E-state index contributed by atoms with van der Waals surface area (Å²) >= 11 is 8.67. The molecule has 0 bridgehead atoms. The van der Waals surface area contributed by atoms with Crippen molar-refractivity contribution < 1.29 is 18.4 Å². The molecule has 1 N–H and O–H groups in total. The number of nitro benzene ring substituents is 1. The minimum absolute atomic E-state index is 0.162. The number of nitro groups is 1. The Labute approximate surface area is 123 Å². The quantitative estimate of drug-likeness (QED) is 0.486. The predicted octanol–water partition coefficient (Wildman–Crippen LogP) is 2.35. The van der Waals surface area contributed by atoms with Crippen LogP contribution in [0.4, 0.5) is 5.69 Å². The van der Waals surface area contributed by atoms with Crippen molar-refractivity contribution in [3.8, 4) is 0 Å². The molecule has 1 aromatic rings. The van der Waals surface area contributed by atoms with Gasteiger partial charge < -0.3 is 5.11 Å². The molecule has 19 heavy (non-hydrogen) atoms. The van der Waals surface area contributed by atoms with E-state index in [0.29, 0.717) is 0 Å². The van der Waals surface area contributed by atoms with Crippen LogP contribution in [0, 0.1) is 10.1 Å². The van der Waals surface area contributed by atoms with Crippen LogP contribution in [0.2, 0.25) is 0 Å². The summed E-state index contributed by atoms with van der Waals surface area (Å²) in [5.74, 6) is -0.258. The number of aliphatic hydroxyl groups is 1. The summed E-state index contributed by atoms with van der Waals surface area (Å²) in [6, 6.07) is 4.84. The minimum Gasteiger partial charge on any atom is -0.385 e. The fraction of sp³-hybridized carbons (Fsp3) is 0.400. The van der Waals surface area contributed by atoms with Gasteiger partial charge >= 0.3 is 0 Å². The molecule has 0 amide bonds. The first kappa shape index (κ1) is 16.4. The van der Waals surface area contributed by atoms with Crippen LogP contribution in [-0.4, -0.2) is 27.3 Å². The first-order chi connectivity index (χ1) is 8.63. The van der Waals surface area contributed by atoms with Gasteiger partial charge in [0.1, 0.15) is 6.10 Å². The lowest BCUT2D eigenvalue weighted by atomic mass is 10.1. The van der Waals surface area contributed by atoms with Crippen LogP contribution in [0.25, 0.3) is 0 Å². The number of aliphatic hydroxyl groups excluding tert-OH is 1. The lowest BCUT2D eigenvalue weighted by Crippen LogP contribution is -2.34. The fourth-order valence-corrected chi connectivity index (χ4v) is 3.60. The van der Waals surface area contributed by atoms with Gasteiger partial charge in [-0.2, -0.15) is 0 Å². The van der Waals surface area contributed by atoms with Crippen molar-refractivity contribution in [3.63, 3.8) is 0 Å². The number of rotatable bonds is 5. The van der Waals surface area contributed by atoms with E-state index in [-0.39, 0.29) is 17.0 Å². The number of alkyl halides is 2. The molecule has 0 unspecified atom stereocenters. The van der Waals surface area contributed by atoms with E-state index >= 15 is 0 Å². The summed E-state index contributed by atoms with van der Waals surface area (Å²) in [7, 11) is -3.77. The summed E-state index contributed by atoms with van der Waals surface area (Å²) in [6.07, 6.45) is -1.56. The molecule has 0 aliphatic carbocycles. The van der Waals surface area contributed by atoms with Gasteiger partial charge in [0, 0.05) is 12.1 Å². The maximum absolute atomic E-state index is 11.8. The lowest BCUT2D eigenvalue weighted by Gasteiger charge is -2.25. The van der Waals surface area contributed by atoms with Gasteiger partial charge in [0.15, 0.2) is 9.84 Å². The van der Waals surface area contributed by atoms with E-state index < -0.39 is 24.0 Å². The SMILES string of the molecule is CCS(=O)(=O)[C@](Cl)(Br)[C@H](O)c1ccc([N+](=O)[O-])cc1. The monoisotopic (exact) mass is 371 g/mol. The van der Waals surface area contributed by atoms with Crippen molar-refractivity contribution in [2.45, 2.75) is 16.1 Å². The van der Waals surface area contributed by atoms with Crippen LogP contribution >= 0.6 is 27.5 Å². The first-order valence-corrected chi connectivity index (χ1v) is 7.98. The number of sulfone groups is 1. The van der Waals surface area contributed by atoms with Crippen LogP contribution in [0.1, 0.15) is 18.6 Å². The molecule has 6 nitrogen and oxygen atoms in total. The number of hydrogen-bond acceptors (Lipinski definition) is 5. The Kier molecular flexibility index (Phi) is 4.94. The van der Waals surface area contributed by atoms with Crippen LogP contribution in [0.5, 0.6) is 0 Å². The summed E-state index contributed by atoms with van der Waals surface area (Å²) in [6.45, 7) is 1.40. The van der Waals surface area contributed by atoms with Gasteiger partial charge in [-0.05, 0) is 33.6 Å². The highest BCUT2D eigenvalue weighted by Gasteiger charge is 2.45. The van der Waals surface area contributed by atoms with Crippen molar-refractivity contribution >= 4 is 43.1 Å². The molecule has 2 atom stereocenters. The summed E-state index contributed by atoms with van der Waals surface area (Å²) in [5, 5.41) is 20.5. The van der Waals surface area contributed by atoms with E-state index in [0.717, 1.165) is 12.1 Å². The Morgan fingerprint density at radius 3 is 2.32 bits per heavy atom. The molecule has 106 valence electrons. The Balaban J connectivity index is 3.13. The Bertz CT molecular complexity index is 572. The van der Waals surface area contributed by atoms with Crippen LogP contribution in [-0.2, 0) is 9.84 Å². The molecule has 1 aromatic carbocycles. The normalized spacial score (nSPS) is 16.6.